The number of aliphatic carboxylic acids is 1. The van der Waals surface area contributed by atoms with Gasteiger partial charge >= 0.3 is 5.97 Å². The second-order valence-corrected chi connectivity index (χ2v) is 5.29. The lowest BCUT2D eigenvalue weighted by Gasteiger charge is -1.94. The number of carbonyl (C=O) groups is 1. The maximum atomic E-state index is 10.4. The van der Waals surface area contributed by atoms with Gasteiger partial charge in [0.05, 0.1) is 15.2 Å². The van der Waals surface area contributed by atoms with Crippen LogP contribution in [0.5, 0.6) is 0 Å². The SMILES string of the molecule is Cc1ccc2sc(CCCCC(=O)O)nc2c1. The minimum Gasteiger partial charge on any atom is -0.481 e. The molecule has 2 rings (SSSR count). The molecule has 0 unspecified atom stereocenters. The van der Waals surface area contributed by atoms with Crippen LogP contribution in [0.25, 0.3) is 10.2 Å². The van der Waals surface area contributed by atoms with Crippen molar-refractivity contribution in [2.24, 2.45) is 0 Å². The zero-order chi connectivity index (χ0) is 12.3. The van der Waals surface area contributed by atoms with Crippen molar-refractivity contribution in [3.05, 3.63) is 28.8 Å². The van der Waals surface area contributed by atoms with E-state index < -0.39 is 5.97 Å². The number of aryl methyl sites for hydroxylation is 2. The first-order valence-corrected chi connectivity index (χ1v) is 6.54. The van der Waals surface area contributed by atoms with Gasteiger partial charge in [-0.1, -0.05) is 6.07 Å². The average Bonchev–Trinajstić information content (AvgIpc) is 2.66. The molecule has 0 amide bonds. The molecule has 0 atom stereocenters. The van der Waals surface area contributed by atoms with Crippen LogP contribution in [0.4, 0.5) is 0 Å². The van der Waals surface area contributed by atoms with Gasteiger partial charge in [0.1, 0.15) is 0 Å². The maximum absolute atomic E-state index is 10.4. The van der Waals surface area contributed by atoms with E-state index in [1.165, 1.54) is 10.3 Å². The largest absolute Gasteiger partial charge is 0.481 e. The predicted octanol–water partition coefficient (Wildman–Crippen LogP) is 3.40. The van der Waals surface area contributed by atoms with Gasteiger partial charge in [0.25, 0.3) is 0 Å². The molecular weight excluding hydrogens is 234 g/mol. The molecule has 2 aromatic rings. The standard InChI is InChI=1S/C13H15NO2S/c1-9-6-7-11-10(8-9)14-12(17-11)4-2-3-5-13(15)16/h6-8H,2-5H2,1H3,(H,15,16). The van der Waals surface area contributed by atoms with E-state index in [9.17, 15) is 4.79 Å². The van der Waals surface area contributed by atoms with Crippen LogP contribution in [-0.4, -0.2) is 16.1 Å². The molecule has 17 heavy (non-hydrogen) atoms. The van der Waals surface area contributed by atoms with Gasteiger partial charge in [-0.25, -0.2) is 4.98 Å². The maximum Gasteiger partial charge on any atom is 0.303 e. The Morgan fingerprint density at radius 1 is 1.41 bits per heavy atom. The molecule has 0 saturated carbocycles. The Balaban J connectivity index is 1.97. The summed E-state index contributed by atoms with van der Waals surface area (Å²) in [5, 5.41) is 9.65. The molecule has 3 nitrogen and oxygen atoms in total. The van der Waals surface area contributed by atoms with Crippen LogP contribution in [0.3, 0.4) is 0 Å². The normalized spacial score (nSPS) is 10.9. The monoisotopic (exact) mass is 249 g/mol. The highest BCUT2D eigenvalue weighted by Crippen LogP contribution is 2.24. The van der Waals surface area contributed by atoms with Gasteiger partial charge in [-0.05, 0) is 43.9 Å². The van der Waals surface area contributed by atoms with Crippen molar-refractivity contribution < 1.29 is 9.90 Å². The third kappa shape index (κ3) is 3.27. The molecule has 0 fully saturated rings. The number of rotatable bonds is 5. The van der Waals surface area contributed by atoms with Gasteiger partial charge in [0.2, 0.25) is 0 Å². The molecule has 4 heteroatoms. The first-order chi connectivity index (χ1) is 8.15. The second-order valence-electron chi connectivity index (χ2n) is 4.18. The lowest BCUT2D eigenvalue weighted by Crippen LogP contribution is -1.94. The van der Waals surface area contributed by atoms with E-state index >= 15 is 0 Å². The van der Waals surface area contributed by atoms with Crippen molar-refractivity contribution in [2.45, 2.75) is 32.6 Å². The Labute approximate surface area is 104 Å². The molecule has 0 saturated heterocycles. The van der Waals surface area contributed by atoms with E-state index in [0.717, 1.165) is 29.8 Å². The minimum absolute atomic E-state index is 0.254. The molecule has 0 bridgehead atoms. The molecule has 90 valence electrons. The topological polar surface area (TPSA) is 50.2 Å². The van der Waals surface area contributed by atoms with Crippen LogP contribution in [0.1, 0.15) is 29.8 Å². The molecule has 0 aliphatic carbocycles. The minimum atomic E-state index is -0.718. The second kappa shape index (κ2) is 5.27. The zero-order valence-corrected chi connectivity index (χ0v) is 10.6. The summed E-state index contributed by atoms with van der Waals surface area (Å²) in [6, 6.07) is 6.28. The van der Waals surface area contributed by atoms with E-state index in [1.54, 1.807) is 11.3 Å². The first kappa shape index (κ1) is 12.0. The fourth-order valence-electron chi connectivity index (χ4n) is 1.74. The van der Waals surface area contributed by atoms with E-state index in [4.69, 9.17) is 5.11 Å². The van der Waals surface area contributed by atoms with Crippen molar-refractivity contribution in [1.29, 1.82) is 0 Å². The van der Waals surface area contributed by atoms with Crippen molar-refractivity contribution in [2.75, 3.05) is 0 Å². The number of unbranched alkanes of at least 4 members (excludes halogenated alkanes) is 1. The predicted molar refractivity (Wildman–Crippen MR) is 69.5 cm³/mol. The summed E-state index contributed by atoms with van der Waals surface area (Å²) in [5.74, 6) is -0.718. The van der Waals surface area contributed by atoms with Gasteiger partial charge in [-0.3, -0.25) is 4.79 Å². The molecule has 0 aliphatic rings. The molecule has 0 radical (unpaired) electrons. The van der Waals surface area contributed by atoms with Crippen molar-refractivity contribution in [1.82, 2.24) is 4.98 Å². The summed E-state index contributed by atoms with van der Waals surface area (Å²) in [6.45, 7) is 2.06. The van der Waals surface area contributed by atoms with E-state index in [0.29, 0.717) is 0 Å². The van der Waals surface area contributed by atoms with Crippen LogP contribution in [0.15, 0.2) is 18.2 Å². The zero-order valence-electron chi connectivity index (χ0n) is 9.77. The lowest BCUT2D eigenvalue weighted by atomic mass is 10.2. The molecule has 1 aromatic carbocycles. The quantitative estimate of drug-likeness (QED) is 0.826. The summed E-state index contributed by atoms with van der Waals surface area (Å²) in [4.78, 5) is 14.9. The third-order valence-corrected chi connectivity index (χ3v) is 3.71. The molecule has 0 spiro atoms. The summed E-state index contributed by atoms with van der Waals surface area (Å²) in [5.41, 5.74) is 2.28. The van der Waals surface area contributed by atoms with Crippen LogP contribution >= 0.6 is 11.3 Å². The van der Waals surface area contributed by atoms with Gasteiger partial charge in [-0.2, -0.15) is 0 Å². The smallest absolute Gasteiger partial charge is 0.303 e. The Kier molecular flexibility index (Phi) is 3.74. The Morgan fingerprint density at radius 3 is 3.00 bits per heavy atom. The molecule has 1 N–H and O–H groups in total. The highest BCUT2D eigenvalue weighted by atomic mass is 32.1. The molecule has 1 heterocycles. The number of carboxylic acid groups (broad SMARTS) is 1. The van der Waals surface area contributed by atoms with Gasteiger partial charge in [-0.15, -0.1) is 11.3 Å². The van der Waals surface area contributed by atoms with Crippen LogP contribution < -0.4 is 0 Å². The fourth-order valence-corrected chi connectivity index (χ4v) is 2.73. The highest BCUT2D eigenvalue weighted by Gasteiger charge is 2.04. The number of hydrogen-bond donors (Lipinski definition) is 1. The van der Waals surface area contributed by atoms with Crippen molar-refractivity contribution >= 4 is 27.5 Å². The average molecular weight is 249 g/mol. The number of hydrogen-bond acceptors (Lipinski definition) is 3. The van der Waals surface area contributed by atoms with E-state index in [-0.39, 0.29) is 6.42 Å². The van der Waals surface area contributed by atoms with Gasteiger partial charge < -0.3 is 5.11 Å². The van der Waals surface area contributed by atoms with Gasteiger partial charge in [0, 0.05) is 6.42 Å². The lowest BCUT2D eigenvalue weighted by molar-refractivity contribution is -0.137. The Hall–Kier alpha value is -1.42. The highest BCUT2D eigenvalue weighted by molar-refractivity contribution is 7.18. The van der Waals surface area contributed by atoms with Crippen molar-refractivity contribution in [3.8, 4) is 0 Å². The summed E-state index contributed by atoms with van der Waals surface area (Å²) in [6.07, 6.45) is 2.76. The van der Waals surface area contributed by atoms with Gasteiger partial charge in [0.15, 0.2) is 0 Å². The van der Waals surface area contributed by atoms with Crippen LogP contribution in [0, 0.1) is 6.92 Å². The number of fused-ring (bicyclic) bond motifs is 1. The number of benzene rings is 1. The van der Waals surface area contributed by atoms with E-state index in [2.05, 4.69) is 30.1 Å². The molecular formula is C13H15NO2S. The summed E-state index contributed by atoms with van der Waals surface area (Å²) >= 11 is 1.71. The molecule has 1 aromatic heterocycles. The number of carboxylic acids is 1. The number of aromatic nitrogens is 1. The van der Waals surface area contributed by atoms with Crippen LogP contribution in [-0.2, 0) is 11.2 Å². The van der Waals surface area contributed by atoms with Crippen molar-refractivity contribution in [3.63, 3.8) is 0 Å². The summed E-state index contributed by atoms with van der Waals surface area (Å²) in [7, 11) is 0. The third-order valence-electron chi connectivity index (χ3n) is 2.62. The fraction of sp³-hybridized carbons (Fsp3) is 0.385. The Bertz CT molecular complexity index is 533. The Morgan fingerprint density at radius 2 is 2.24 bits per heavy atom. The summed E-state index contributed by atoms with van der Waals surface area (Å²) < 4.78 is 1.21. The number of thiazole rings is 1. The molecule has 0 aliphatic heterocycles. The van der Waals surface area contributed by atoms with E-state index in [1.807, 2.05) is 0 Å². The first-order valence-electron chi connectivity index (χ1n) is 5.73. The van der Waals surface area contributed by atoms with Crippen LogP contribution in [0.2, 0.25) is 0 Å². The number of nitrogens with zero attached hydrogens (tertiary/aromatic N) is 1.